The molecule has 0 aliphatic heterocycles. The van der Waals surface area contributed by atoms with Crippen LogP contribution in [0.25, 0.3) is 78.4 Å². The van der Waals surface area contributed by atoms with Crippen LogP contribution in [0.2, 0.25) is 0 Å². The van der Waals surface area contributed by atoms with Crippen LogP contribution in [-0.2, 0) is 0 Å². The Morgan fingerprint density at radius 3 is 1.70 bits per heavy atom. The number of benzene rings is 6. The van der Waals surface area contributed by atoms with Crippen LogP contribution in [0.15, 0.2) is 150 Å². The summed E-state index contributed by atoms with van der Waals surface area (Å²) in [6, 6.07) is 49.9. The highest BCUT2D eigenvalue weighted by atomic mass is 16.3. The lowest BCUT2D eigenvalue weighted by molar-refractivity contribution is 0.669. The smallest absolute Gasteiger partial charge is 0.164 e. The van der Waals surface area contributed by atoms with Crippen LogP contribution in [0.4, 0.5) is 0 Å². The topological polar surface area (TPSA) is 51.8 Å². The summed E-state index contributed by atoms with van der Waals surface area (Å²) in [5, 5.41) is 2.17. The van der Waals surface area contributed by atoms with Crippen molar-refractivity contribution >= 4 is 21.9 Å². The van der Waals surface area contributed by atoms with E-state index in [2.05, 4.69) is 97.9 Å². The molecule has 0 saturated heterocycles. The summed E-state index contributed by atoms with van der Waals surface area (Å²) in [7, 11) is 0. The van der Waals surface area contributed by atoms with Crippen LogP contribution in [-0.4, -0.2) is 15.0 Å². The van der Waals surface area contributed by atoms with Gasteiger partial charge >= 0.3 is 0 Å². The molecule has 0 spiro atoms. The van der Waals surface area contributed by atoms with Crippen LogP contribution in [0.5, 0.6) is 0 Å². The quantitative estimate of drug-likeness (QED) is 0.208. The summed E-state index contributed by atoms with van der Waals surface area (Å²) >= 11 is 0. The van der Waals surface area contributed by atoms with Gasteiger partial charge in [-0.15, -0.1) is 0 Å². The average Bonchev–Trinajstić information content (AvgIpc) is 3.47. The van der Waals surface area contributed by atoms with E-state index < -0.39 is 0 Å². The molecule has 6 aromatic carbocycles. The summed E-state index contributed by atoms with van der Waals surface area (Å²) < 4.78 is 6.41. The molecule has 4 nitrogen and oxygen atoms in total. The van der Waals surface area contributed by atoms with Crippen LogP contribution in [0.3, 0.4) is 0 Å². The first-order chi connectivity index (χ1) is 21.7. The zero-order chi connectivity index (χ0) is 29.5. The Morgan fingerprint density at radius 1 is 0.409 bits per heavy atom. The highest BCUT2D eigenvalue weighted by Crippen LogP contribution is 2.38. The number of furan rings is 1. The summed E-state index contributed by atoms with van der Waals surface area (Å²) in [4.78, 5) is 14.9. The molecule has 0 bridgehead atoms. The third kappa shape index (κ3) is 4.73. The minimum Gasteiger partial charge on any atom is -0.456 e. The molecule has 0 radical (unpaired) electrons. The SMILES string of the molecule is Cc1ccc(-c2cccc(-c3nc(-c4ccccc4)nc(-c4ccc5c(c4)oc4cccc(-c6ccccc6)c45)n3)c2)cc1. The van der Waals surface area contributed by atoms with Gasteiger partial charge in [0.05, 0.1) is 0 Å². The molecule has 8 aromatic rings. The van der Waals surface area contributed by atoms with Crippen molar-refractivity contribution in [3.05, 3.63) is 151 Å². The van der Waals surface area contributed by atoms with Gasteiger partial charge in [0.1, 0.15) is 11.2 Å². The van der Waals surface area contributed by atoms with E-state index in [1.807, 2.05) is 54.6 Å². The highest BCUT2D eigenvalue weighted by Gasteiger charge is 2.16. The predicted octanol–water partition coefficient (Wildman–Crippen LogP) is 10.4. The van der Waals surface area contributed by atoms with Crippen LogP contribution < -0.4 is 0 Å². The van der Waals surface area contributed by atoms with Crippen molar-refractivity contribution in [3.8, 4) is 56.4 Å². The fourth-order valence-electron chi connectivity index (χ4n) is 5.76. The third-order valence-corrected chi connectivity index (χ3v) is 8.01. The van der Waals surface area contributed by atoms with Gasteiger partial charge in [-0.3, -0.25) is 0 Å². The Bertz CT molecular complexity index is 2270. The fourth-order valence-corrected chi connectivity index (χ4v) is 5.76. The molecular formula is C40H27N3O. The van der Waals surface area contributed by atoms with Gasteiger partial charge in [0, 0.05) is 27.5 Å². The average molecular weight is 566 g/mol. The molecule has 2 heterocycles. The minimum absolute atomic E-state index is 0.597. The lowest BCUT2D eigenvalue weighted by Gasteiger charge is -2.10. The van der Waals surface area contributed by atoms with Gasteiger partial charge in [0.2, 0.25) is 0 Å². The maximum absolute atomic E-state index is 6.41. The largest absolute Gasteiger partial charge is 0.456 e. The zero-order valence-electron chi connectivity index (χ0n) is 24.1. The fraction of sp³-hybridized carbons (Fsp3) is 0.0250. The first kappa shape index (κ1) is 25.8. The van der Waals surface area contributed by atoms with Crippen molar-refractivity contribution in [1.82, 2.24) is 15.0 Å². The van der Waals surface area contributed by atoms with E-state index in [1.54, 1.807) is 0 Å². The molecule has 0 atom stereocenters. The van der Waals surface area contributed by atoms with E-state index in [0.29, 0.717) is 17.5 Å². The Hall–Kier alpha value is -5.87. The van der Waals surface area contributed by atoms with Gasteiger partial charge in [-0.25, -0.2) is 15.0 Å². The first-order valence-electron chi connectivity index (χ1n) is 14.7. The molecule has 2 aromatic heterocycles. The van der Waals surface area contributed by atoms with Crippen molar-refractivity contribution in [1.29, 1.82) is 0 Å². The van der Waals surface area contributed by atoms with Gasteiger partial charge < -0.3 is 4.42 Å². The molecule has 44 heavy (non-hydrogen) atoms. The van der Waals surface area contributed by atoms with Crippen molar-refractivity contribution < 1.29 is 4.42 Å². The first-order valence-corrected chi connectivity index (χ1v) is 14.7. The second kappa shape index (κ2) is 10.8. The molecule has 208 valence electrons. The zero-order valence-corrected chi connectivity index (χ0v) is 24.1. The molecular weight excluding hydrogens is 538 g/mol. The predicted molar refractivity (Wildman–Crippen MR) is 179 cm³/mol. The van der Waals surface area contributed by atoms with E-state index in [1.165, 1.54) is 5.56 Å². The van der Waals surface area contributed by atoms with Gasteiger partial charge in [-0.1, -0.05) is 127 Å². The molecule has 0 amide bonds. The van der Waals surface area contributed by atoms with Crippen molar-refractivity contribution in [2.45, 2.75) is 6.92 Å². The van der Waals surface area contributed by atoms with E-state index in [4.69, 9.17) is 19.4 Å². The molecule has 0 N–H and O–H groups in total. The maximum atomic E-state index is 6.41. The Morgan fingerprint density at radius 2 is 0.977 bits per heavy atom. The molecule has 0 saturated carbocycles. The van der Waals surface area contributed by atoms with Gasteiger partial charge in [0.25, 0.3) is 0 Å². The van der Waals surface area contributed by atoms with E-state index >= 15 is 0 Å². The summed E-state index contributed by atoms with van der Waals surface area (Å²) in [6.45, 7) is 2.10. The second-order valence-electron chi connectivity index (χ2n) is 11.0. The van der Waals surface area contributed by atoms with E-state index in [-0.39, 0.29) is 0 Å². The van der Waals surface area contributed by atoms with Crippen molar-refractivity contribution in [2.24, 2.45) is 0 Å². The number of fused-ring (bicyclic) bond motifs is 3. The van der Waals surface area contributed by atoms with Gasteiger partial charge in [0.15, 0.2) is 17.5 Å². The van der Waals surface area contributed by atoms with Gasteiger partial charge in [-0.2, -0.15) is 0 Å². The summed E-state index contributed by atoms with van der Waals surface area (Å²) in [5.41, 5.74) is 10.2. The summed E-state index contributed by atoms with van der Waals surface area (Å²) in [5.74, 6) is 1.85. The van der Waals surface area contributed by atoms with Crippen LogP contribution >= 0.6 is 0 Å². The van der Waals surface area contributed by atoms with Crippen LogP contribution in [0, 0.1) is 6.92 Å². The maximum Gasteiger partial charge on any atom is 0.164 e. The van der Waals surface area contributed by atoms with Crippen LogP contribution in [0.1, 0.15) is 5.56 Å². The van der Waals surface area contributed by atoms with Crippen molar-refractivity contribution in [2.75, 3.05) is 0 Å². The van der Waals surface area contributed by atoms with E-state index in [0.717, 1.165) is 60.9 Å². The van der Waals surface area contributed by atoms with E-state index in [9.17, 15) is 0 Å². The number of nitrogens with zero attached hydrogens (tertiary/aromatic N) is 3. The number of aromatic nitrogens is 3. The Labute approximate surface area is 255 Å². The molecule has 0 aliphatic rings. The number of aryl methyl sites for hydroxylation is 1. The van der Waals surface area contributed by atoms with Gasteiger partial charge in [-0.05, 0) is 53.4 Å². The number of hydrogen-bond acceptors (Lipinski definition) is 4. The third-order valence-electron chi connectivity index (χ3n) is 8.01. The summed E-state index contributed by atoms with van der Waals surface area (Å²) in [6.07, 6.45) is 0. The number of rotatable bonds is 5. The lowest BCUT2D eigenvalue weighted by Crippen LogP contribution is -2.00. The minimum atomic E-state index is 0.597. The molecule has 0 unspecified atom stereocenters. The monoisotopic (exact) mass is 565 g/mol. The molecule has 0 aliphatic carbocycles. The normalized spacial score (nSPS) is 11.3. The van der Waals surface area contributed by atoms with Crippen molar-refractivity contribution in [3.63, 3.8) is 0 Å². The molecule has 0 fully saturated rings. The highest BCUT2D eigenvalue weighted by molar-refractivity contribution is 6.12. The second-order valence-corrected chi connectivity index (χ2v) is 11.0. The molecule has 8 rings (SSSR count). The molecule has 4 heteroatoms. The Balaban J connectivity index is 1.28. The lowest BCUT2D eigenvalue weighted by atomic mass is 9.99. The standard InChI is InChI=1S/C40H27N3O/c1-26-18-20-27(21-19-26)30-14-8-15-31(24-30)39-41-38(29-12-6-3-7-13-29)42-40(43-39)32-22-23-34-36(25-32)44-35-17-9-16-33(37(34)35)28-10-4-2-5-11-28/h2-25H,1H3. The number of hydrogen-bond donors (Lipinski definition) is 0. The Kier molecular flexibility index (Phi) is 6.31.